The van der Waals surface area contributed by atoms with Crippen LogP contribution < -0.4 is 5.32 Å². The van der Waals surface area contributed by atoms with E-state index in [9.17, 15) is 19.5 Å². The van der Waals surface area contributed by atoms with E-state index >= 15 is 0 Å². The first-order valence-corrected chi connectivity index (χ1v) is 6.78. The van der Waals surface area contributed by atoms with Crippen molar-refractivity contribution in [2.45, 2.75) is 26.3 Å². The second-order valence-electron chi connectivity index (χ2n) is 5.24. The molecule has 1 aliphatic rings. The highest BCUT2D eigenvalue weighted by molar-refractivity contribution is 5.82. The number of carbonyl (C=O) groups excluding carboxylic acids is 2. The zero-order chi connectivity index (χ0) is 16.0. The van der Waals surface area contributed by atoms with Crippen LogP contribution in [0.4, 0.5) is 4.79 Å². The second-order valence-corrected chi connectivity index (χ2v) is 5.24. The zero-order valence-corrected chi connectivity index (χ0v) is 12.5. The van der Waals surface area contributed by atoms with Crippen molar-refractivity contribution in [1.29, 1.82) is 0 Å². The van der Waals surface area contributed by atoms with Crippen molar-refractivity contribution >= 4 is 18.0 Å². The summed E-state index contributed by atoms with van der Waals surface area (Å²) in [4.78, 5) is 36.1. The average molecular weight is 302 g/mol. The van der Waals surface area contributed by atoms with Gasteiger partial charge in [-0.2, -0.15) is 0 Å². The largest absolute Gasteiger partial charge is 0.481 e. The van der Waals surface area contributed by atoms with Crippen molar-refractivity contribution in [2.24, 2.45) is 5.41 Å². The Morgan fingerprint density at radius 1 is 1.48 bits per heavy atom. The lowest BCUT2D eigenvalue weighted by atomic mass is 9.85. The van der Waals surface area contributed by atoms with E-state index in [2.05, 4.69) is 10.1 Å². The fourth-order valence-corrected chi connectivity index (χ4v) is 2.07. The van der Waals surface area contributed by atoms with E-state index in [0.29, 0.717) is 13.0 Å². The Hall–Kier alpha value is -1.83. The summed E-state index contributed by atoms with van der Waals surface area (Å²) in [6, 6.07) is -1.13. The van der Waals surface area contributed by atoms with Gasteiger partial charge in [-0.3, -0.25) is 9.59 Å². The minimum atomic E-state index is -1.17. The summed E-state index contributed by atoms with van der Waals surface area (Å²) in [6.45, 7) is 3.77. The Bertz CT molecular complexity index is 413. The van der Waals surface area contributed by atoms with Gasteiger partial charge >= 0.3 is 18.0 Å². The molecule has 1 aliphatic heterocycles. The van der Waals surface area contributed by atoms with Crippen LogP contribution in [0.25, 0.3) is 0 Å². The van der Waals surface area contributed by atoms with Gasteiger partial charge in [-0.15, -0.1) is 0 Å². The topological polar surface area (TPSA) is 105 Å². The van der Waals surface area contributed by atoms with Crippen LogP contribution in [0.5, 0.6) is 0 Å². The molecule has 21 heavy (non-hydrogen) atoms. The zero-order valence-electron chi connectivity index (χ0n) is 12.5. The SMILES string of the molecule is CCCN(CC(=O)OC)C(=O)NC1COCC1(C)C(=O)O. The molecular weight excluding hydrogens is 280 g/mol. The highest BCUT2D eigenvalue weighted by atomic mass is 16.5. The first-order valence-electron chi connectivity index (χ1n) is 6.78. The second kappa shape index (κ2) is 7.26. The van der Waals surface area contributed by atoms with Crippen molar-refractivity contribution in [3.05, 3.63) is 0 Å². The molecule has 1 saturated heterocycles. The molecule has 2 amide bonds. The molecule has 0 radical (unpaired) electrons. The number of nitrogens with one attached hydrogen (secondary N) is 1. The number of hydrogen-bond acceptors (Lipinski definition) is 5. The normalized spacial score (nSPS) is 24.4. The Balaban J connectivity index is 2.72. The number of methoxy groups -OCH3 is 1. The molecule has 8 heteroatoms. The number of carboxylic acids is 1. The molecule has 8 nitrogen and oxygen atoms in total. The van der Waals surface area contributed by atoms with Gasteiger partial charge in [0.15, 0.2) is 0 Å². The third kappa shape index (κ3) is 4.07. The number of rotatable bonds is 6. The Morgan fingerprint density at radius 3 is 2.67 bits per heavy atom. The van der Waals surface area contributed by atoms with Gasteiger partial charge in [0, 0.05) is 6.54 Å². The molecule has 0 aromatic heterocycles. The van der Waals surface area contributed by atoms with Crippen LogP contribution in [0.1, 0.15) is 20.3 Å². The number of aliphatic carboxylic acids is 1. The maximum atomic E-state index is 12.2. The lowest BCUT2D eigenvalue weighted by Crippen LogP contribution is -2.54. The Morgan fingerprint density at radius 2 is 2.14 bits per heavy atom. The first-order chi connectivity index (χ1) is 9.85. The molecule has 0 saturated carbocycles. The highest BCUT2D eigenvalue weighted by Gasteiger charge is 2.47. The van der Waals surface area contributed by atoms with Gasteiger partial charge in [-0.1, -0.05) is 6.92 Å². The van der Waals surface area contributed by atoms with Crippen LogP contribution >= 0.6 is 0 Å². The Labute approximate surface area is 123 Å². The standard InChI is InChI=1S/C13H22N2O6/c1-4-5-15(6-10(16)20-3)12(19)14-9-7-21-8-13(9,2)11(17)18/h9H,4-8H2,1-3H3,(H,14,19)(H,17,18). The quantitative estimate of drug-likeness (QED) is 0.673. The summed E-state index contributed by atoms with van der Waals surface area (Å²) in [5, 5.41) is 11.9. The van der Waals surface area contributed by atoms with Crippen LogP contribution in [0.15, 0.2) is 0 Å². The molecule has 0 aliphatic carbocycles. The summed E-state index contributed by atoms with van der Waals surface area (Å²) in [5.74, 6) is -1.55. The summed E-state index contributed by atoms with van der Waals surface area (Å²) < 4.78 is 9.72. The van der Waals surface area contributed by atoms with Gasteiger partial charge in [-0.05, 0) is 13.3 Å². The van der Waals surface area contributed by atoms with Crippen LogP contribution in [0.2, 0.25) is 0 Å². The highest BCUT2D eigenvalue weighted by Crippen LogP contribution is 2.28. The molecule has 120 valence electrons. The fourth-order valence-electron chi connectivity index (χ4n) is 2.07. The molecule has 2 N–H and O–H groups in total. The third-order valence-electron chi connectivity index (χ3n) is 3.57. The summed E-state index contributed by atoms with van der Waals surface area (Å²) >= 11 is 0. The maximum Gasteiger partial charge on any atom is 0.325 e. The van der Waals surface area contributed by atoms with Gasteiger partial charge in [-0.25, -0.2) is 4.79 Å². The van der Waals surface area contributed by atoms with Gasteiger partial charge in [0.25, 0.3) is 0 Å². The molecule has 0 aromatic rings. The van der Waals surface area contributed by atoms with Crippen molar-refractivity contribution in [2.75, 3.05) is 33.4 Å². The van der Waals surface area contributed by atoms with E-state index < -0.39 is 29.4 Å². The van der Waals surface area contributed by atoms with Gasteiger partial charge < -0.3 is 24.8 Å². The van der Waals surface area contributed by atoms with Crippen molar-refractivity contribution in [3.8, 4) is 0 Å². The third-order valence-corrected chi connectivity index (χ3v) is 3.57. The fraction of sp³-hybridized carbons (Fsp3) is 0.769. The molecule has 0 aromatic carbocycles. The van der Waals surface area contributed by atoms with Crippen molar-refractivity contribution in [1.82, 2.24) is 10.2 Å². The van der Waals surface area contributed by atoms with E-state index in [1.165, 1.54) is 18.9 Å². The number of carboxylic acid groups (broad SMARTS) is 1. The predicted octanol–water partition coefficient (Wildman–Crippen LogP) is 0.0707. The molecule has 2 unspecified atom stereocenters. The Kier molecular flexibility index (Phi) is 5.95. The monoisotopic (exact) mass is 302 g/mol. The average Bonchev–Trinajstić information content (AvgIpc) is 2.80. The van der Waals surface area contributed by atoms with E-state index in [4.69, 9.17) is 4.74 Å². The number of amides is 2. The number of nitrogens with zero attached hydrogens (tertiary/aromatic N) is 1. The lowest BCUT2D eigenvalue weighted by Gasteiger charge is -2.29. The number of urea groups is 1. The van der Waals surface area contributed by atoms with Crippen LogP contribution in [-0.4, -0.2) is 67.4 Å². The summed E-state index contributed by atoms with van der Waals surface area (Å²) in [7, 11) is 1.25. The summed E-state index contributed by atoms with van der Waals surface area (Å²) in [5.41, 5.74) is -1.17. The molecule has 0 bridgehead atoms. The predicted molar refractivity (Wildman–Crippen MR) is 72.8 cm³/mol. The van der Waals surface area contributed by atoms with Gasteiger partial charge in [0.2, 0.25) is 0 Å². The van der Waals surface area contributed by atoms with Crippen LogP contribution in [-0.2, 0) is 19.1 Å². The summed E-state index contributed by atoms with van der Waals surface area (Å²) in [6.07, 6.45) is 0.668. The van der Waals surface area contributed by atoms with Crippen molar-refractivity contribution < 1.29 is 29.0 Å². The smallest absolute Gasteiger partial charge is 0.325 e. The first kappa shape index (κ1) is 17.2. The van der Waals surface area contributed by atoms with Gasteiger partial charge in [0.05, 0.1) is 26.4 Å². The minimum Gasteiger partial charge on any atom is -0.481 e. The number of hydrogen-bond donors (Lipinski definition) is 2. The molecule has 1 rings (SSSR count). The number of carbonyl (C=O) groups is 3. The maximum absolute atomic E-state index is 12.2. The minimum absolute atomic E-state index is 0.0397. The van der Waals surface area contributed by atoms with E-state index in [0.717, 1.165) is 0 Å². The molecule has 0 spiro atoms. The number of ether oxygens (including phenoxy) is 2. The van der Waals surface area contributed by atoms with Crippen molar-refractivity contribution in [3.63, 3.8) is 0 Å². The van der Waals surface area contributed by atoms with Gasteiger partial charge in [0.1, 0.15) is 12.0 Å². The van der Waals surface area contributed by atoms with E-state index in [1.54, 1.807) is 0 Å². The molecule has 1 heterocycles. The number of esters is 1. The van der Waals surface area contributed by atoms with Crippen LogP contribution in [0.3, 0.4) is 0 Å². The van der Waals surface area contributed by atoms with Crippen LogP contribution in [0, 0.1) is 5.41 Å². The molecule has 1 fully saturated rings. The molecular formula is C13H22N2O6. The molecule has 2 atom stereocenters. The van der Waals surface area contributed by atoms with E-state index in [1.807, 2.05) is 6.92 Å². The lowest BCUT2D eigenvalue weighted by molar-refractivity contribution is -0.148. The van der Waals surface area contributed by atoms with E-state index in [-0.39, 0.29) is 19.8 Å².